The minimum Gasteiger partial charge on any atom is -0.342 e. The molecule has 0 unspecified atom stereocenters. The number of rotatable bonds is 3. The summed E-state index contributed by atoms with van der Waals surface area (Å²) in [6, 6.07) is 13.2. The highest BCUT2D eigenvalue weighted by Crippen LogP contribution is 2.46. The maximum Gasteiger partial charge on any atom is 0.416 e. The van der Waals surface area contributed by atoms with Crippen LogP contribution in [0.15, 0.2) is 53.5 Å². The van der Waals surface area contributed by atoms with Crippen molar-refractivity contribution in [3.05, 3.63) is 59.7 Å². The summed E-state index contributed by atoms with van der Waals surface area (Å²) in [6.07, 6.45) is -0.883. The van der Waals surface area contributed by atoms with Crippen molar-refractivity contribution in [2.75, 3.05) is 10.7 Å². The third-order valence-corrected chi connectivity index (χ3v) is 7.41. The molecule has 2 aromatic carbocycles. The molecule has 182 valence electrons. The number of aliphatic imine (C=N–C) groups is 1. The quantitative estimate of drug-likeness (QED) is 0.441. The average Bonchev–Trinajstić information content (AvgIpc) is 2.99. The molecule has 1 aliphatic carbocycles. The van der Waals surface area contributed by atoms with Crippen LogP contribution in [0, 0.1) is 18.3 Å². The van der Waals surface area contributed by atoms with Gasteiger partial charge < -0.3 is 5.32 Å². The first-order valence-corrected chi connectivity index (χ1v) is 12.0. The monoisotopic (exact) mass is 488 g/mol. The van der Waals surface area contributed by atoms with Gasteiger partial charge in [0.25, 0.3) is 0 Å². The van der Waals surface area contributed by atoms with Gasteiger partial charge in [-0.25, -0.2) is 10.0 Å². The average molecular weight is 489 g/mol. The molecule has 1 heterocycles. The van der Waals surface area contributed by atoms with Crippen molar-refractivity contribution in [1.82, 2.24) is 5.01 Å². The molecule has 8 heteroatoms. The van der Waals surface area contributed by atoms with E-state index in [1.54, 1.807) is 6.07 Å². The van der Waals surface area contributed by atoms with Crippen molar-refractivity contribution < 1.29 is 13.2 Å². The van der Waals surface area contributed by atoms with Gasteiger partial charge in [-0.05, 0) is 86.0 Å². The Balaban J connectivity index is 1.67. The number of thiocarbonyl (C=S) groups is 1. The Morgan fingerprint density at radius 2 is 1.71 bits per heavy atom. The highest BCUT2D eigenvalue weighted by molar-refractivity contribution is 7.80. The number of hydrogen-bond donors (Lipinski definition) is 2. The van der Waals surface area contributed by atoms with Crippen molar-refractivity contribution in [1.29, 1.82) is 0 Å². The van der Waals surface area contributed by atoms with E-state index in [1.807, 2.05) is 36.2 Å². The Labute approximate surface area is 204 Å². The molecular formula is C26H31F3N4S. The van der Waals surface area contributed by atoms with Crippen molar-refractivity contribution >= 4 is 34.5 Å². The Bertz CT molecular complexity index is 1100. The van der Waals surface area contributed by atoms with Gasteiger partial charge in [0.05, 0.1) is 11.3 Å². The largest absolute Gasteiger partial charge is 0.416 e. The van der Waals surface area contributed by atoms with E-state index in [-0.39, 0.29) is 5.41 Å². The number of amidine groups is 1. The van der Waals surface area contributed by atoms with E-state index in [2.05, 4.69) is 36.5 Å². The van der Waals surface area contributed by atoms with Crippen LogP contribution in [0.5, 0.6) is 0 Å². The predicted octanol–water partition coefficient (Wildman–Crippen LogP) is 7.43. The third-order valence-electron chi connectivity index (χ3n) is 7.14. The number of benzene rings is 2. The van der Waals surface area contributed by atoms with E-state index in [0.29, 0.717) is 22.6 Å². The molecule has 1 fully saturated rings. The van der Waals surface area contributed by atoms with Crippen LogP contribution >= 0.6 is 12.2 Å². The summed E-state index contributed by atoms with van der Waals surface area (Å²) < 4.78 is 39.9. The second-order valence-electron chi connectivity index (χ2n) is 10.4. The molecule has 1 spiro atoms. The van der Waals surface area contributed by atoms with Gasteiger partial charge in [0.2, 0.25) is 5.11 Å². The normalized spacial score (nSPS) is 23.3. The SMILES string of the molecule is Cc1ccccc1NN1C(=S)N=C(Nc2cccc(C(F)(F)F)c2)C12CCC(C(C)(C)C)CC2. The summed E-state index contributed by atoms with van der Waals surface area (Å²) in [5.41, 5.74) is 4.76. The van der Waals surface area contributed by atoms with Gasteiger partial charge in [-0.1, -0.05) is 45.0 Å². The van der Waals surface area contributed by atoms with Crippen LogP contribution in [0.25, 0.3) is 0 Å². The van der Waals surface area contributed by atoms with Gasteiger partial charge >= 0.3 is 6.18 Å². The lowest BCUT2D eigenvalue weighted by atomic mass is 9.67. The van der Waals surface area contributed by atoms with Crippen LogP contribution in [0.4, 0.5) is 24.5 Å². The fourth-order valence-corrected chi connectivity index (χ4v) is 5.30. The van der Waals surface area contributed by atoms with Crippen LogP contribution in [0.1, 0.15) is 57.6 Å². The summed E-state index contributed by atoms with van der Waals surface area (Å²) in [5.74, 6) is 1.15. The molecule has 0 aromatic heterocycles. The molecule has 0 bridgehead atoms. The van der Waals surface area contributed by atoms with Gasteiger partial charge in [-0.15, -0.1) is 0 Å². The number of para-hydroxylation sites is 1. The number of halogens is 3. The van der Waals surface area contributed by atoms with Crippen LogP contribution < -0.4 is 10.7 Å². The second-order valence-corrected chi connectivity index (χ2v) is 10.7. The number of anilines is 2. The fourth-order valence-electron chi connectivity index (χ4n) is 4.99. The van der Waals surface area contributed by atoms with Gasteiger partial charge in [-0.2, -0.15) is 13.2 Å². The predicted molar refractivity (Wildman–Crippen MR) is 136 cm³/mol. The zero-order valence-corrected chi connectivity index (χ0v) is 20.8. The number of aryl methyl sites for hydroxylation is 1. The molecule has 4 rings (SSSR count). The molecule has 2 aromatic rings. The summed E-state index contributed by atoms with van der Waals surface area (Å²) in [6.45, 7) is 8.80. The van der Waals surface area contributed by atoms with Gasteiger partial charge in [0.15, 0.2) is 0 Å². The number of hydrogen-bond acceptors (Lipinski definition) is 3. The first kappa shape index (κ1) is 24.5. The molecule has 4 nitrogen and oxygen atoms in total. The Morgan fingerprint density at radius 3 is 2.32 bits per heavy atom. The smallest absolute Gasteiger partial charge is 0.342 e. The summed E-state index contributed by atoms with van der Waals surface area (Å²) >= 11 is 5.67. The zero-order valence-electron chi connectivity index (χ0n) is 20.0. The topological polar surface area (TPSA) is 39.7 Å². The Kier molecular flexibility index (Phi) is 6.40. The van der Waals surface area contributed by atoms with Gasteiger partial charge in [-0.3, -0.25) is 5.43 Å². The summed E-state index contributed by atoms with van der Waals surface area (Å²) in [4.78, 5) is 4.67. The molecule has 0 radical (unpaired) electrons. The zero-order chi connectivity index (χ0) is 24.7. The standard InChI is InChI=1S/C26H31F3N4S/c1-17-8-5-6-11-21(17)32-33-23(34)31-22(25(33)14-12-18(13-15-25)24(2,3)4)30-20-10-7-9-19(16-20)26(27,28)29/h5-11,16,18,32H,12-15H2,1-4H3,(H,30,31,34). The van der Waals surface area contributed by atoms with Gasteiger partial charge in [0, 0.05) is 5.69 Å². The molecule has 34 heavy (non-hydrogen) atoms. The molecule has 2 aliphatic rings. The molecule has 0 amide bonds. The first-order valence-electron chi connectivity index (χ1n) is 11.6. The van der Waals surface area contributed by atoms with E-state index in [9.17, 15) is 13.2 Å². The molecule has 1 aliphatic heterocycles. The highest BCUT2D eigenvalue weighted by atomic mass is 32.1. The van der Waals surface area contributed by atoms with E-state index >= 15 is 0 Å². The minimum atomic E-state index is -4.41. The van der Waals surface area contributed by atoms with Crippen LogP contribution in [-0.4, -0.2) is 21.5 Å². The molecule has 0 saturated heterocycles. The van der Waals surface area contributed by atoms with Crippen LogP contribution in [0.2, 0.25) is 0 Å². The van der Waals surface area contributed by atoms with E-state index in [0.717, 1.165) is 49.1 Å². The maximum atomic E-state index is 13.3. The maximum absolute atomic E-state index is 13.3. The fraction of sp³-hybridized carbons (Fsp3) is 0.462. The van der Waals surface area contributed by atoms with Crippen molar-refractivity contribution in [2.24, 2.45) is 16.3 Å². The van der Waals surface area contributed by atoms with E-state index < -0.39 is 17.3 Å². The van der Waals surface area contributed by atoms with E-state index in [4.69, 9.17) is 12.2 Å². The number of alkyl halides is 3. The molecular weight excluding hydrogens is 457 g/mol. The number of nitrogens with one attached hydrogen (secondary N) is 2. The molecule has 0 atom stereocenters. The highest BCUT2D eigenvalue weighted by Gasteiger charge is 2.51. The first-order chi connectivity index (χ1) is 15.9. The minimum absolute atomic E-state index is 0.181. The molecule has 2 N–H and O–H groups in total. The summed E-state index contributed by atoms with van der Waals surface area (Å²) in [7, 11) is 0. The van der Waals surface area contributed by atoms with Gasteiger partial charge in [0.1, 0.15) is 11.4 Å². The van der Waals surface area contributed by atoms with Crippen molar-refractivity contribution in [3.63, 3.8) is 0 Å². The van der Waals surface area contributed by atoms with Crippen LogP contribution in [-0.2, 0) is 6.18 Å². The van der Waals surface area contributed by atoms with Crippen LogP contribution in [0.3, 0.4) is 0 Å². The van der Waals surface area contributed by atoms with Crippen molar-refractivity contribution in [3.8, 4) is 0 Å². The lowest BCUT2D eigenvalue weighted by Crippen LogP contribution is -2.58. The lowest BCUT2D eigenvalue weighted by molar-refractivity contribution is -0.137. The molecule has 1 saturated carbocycles. The van der Waals surface area contributed by atoms with Crippen molar-refractivity contribution in [2.45, 2.75) is 65.1 Å². The van der Waals surface area contributed by atoms with E-state index in [1.165, 1.54) is 6.07 Å². The number of nitrogens with zero attached hydrogens (tertiary/aromatic N) is 2. The Hall–Kier alpha value is -2.61. The lowest BCUT2D eigenvalue weighted by Gasteiger charge is -2.47. The Morgan fingerprint density at radius 1 is 1.03 bits per heavy atom. The second kappa shape index (κ2) is 8.87. The number of hydrazine groups is 1. The summed E-state index contributed by atoms with van der Waals surface area (Å²) in [5, 5.41) is 5.53. The third kappa shape index (κ3) is 4.78.